The zero-order valence-electron chi connectivity index (χ0n) is 9.87. The molecule has 1 fully saturated rings. The third-order valence-electron chi connectivity index (χ3n) is 3.55. The number of benzene rings is 1. The minimum atomic E-state index is 0.799. The van der Waals surface area contributed by atoms with Crippen LogP contribution in [0.5, 0.6) is 0 Å². The summed E-state index contributed by atoms with van der Waals surface area (Å²) < 4.78 is 0. The summed E-state index contributed by atoms with van der Waals surface area (Å²) in [5.74, 6) is 0.799. The van der Waals surface area contributed by atoms with Crippen LogP contribution in [-0.2, 0) is 6.42 Å². The van der Waals surface area contributed by atoms with E-state index in [2.05, 4.69) is 43.1 Å². The first kappa shape index (κ1) is 10.7. The molecule has 1 heteroatoms. The molecule has 2 rings (SSSR count). The number of hydrogen-bond acceptors (Lipinski definition) is 1. The fourth-order valence-electron chi connectivity index (χ4n) is 2.41. The maximum Gasteiger partial charge on any atom is -0.00159 e. The first-order valence-electron chi connectivity index (χ1n) is 6.07. The first-order valence-corrected chi connectivity index (χ1v) is 6.07. The van der Waals surface area contributed by atoms with Gasteiger partial charge in [0.15, 0.2) is 0 Å². The lowest BCUT2D eigenvalue weighted by Crippen LogP contribution is -2.29. The van der Waals surface area contributed by atoms with Crippen molar-refractivity contribution in [3.8, 4) is 0 Å². The van der Waals surface area contributed by atoms with Crippen LogP contribution < -0.4 is 0 Å². The van der Waals surface area contributed by atoms with Crippen molar-refractivity contribution in [3.05, 3.63) is 35.4 Å². The highest BCUT2D eigenvalue weighted by molar-refractivity contribution is 5.26. The Hall–Kier alpha value is -0.820. The van der Waals surface area contributed by atoms with Gasteiger partial charge in [0.05, 0.1) is 0 Å². The minimum Gasteiger partial charge on any atom is -0.306 e. The van der Waals surface area contributed by atoms with Crippen molar-refractivity contribution >= 4 is 0 Å². The Kier molecular flexibility index (Phi) is 3.42. The van der Waals surface area contributed by atoms with Gasteiger partial charge in [-0.1, -0.05) is 31.2 Å². The van der Waals surface area contributed by atoms with Gasteiger partial charge >= 0.3 is 0 Å². The number of hydrogen-bond donors (Lipinski definition) is 0. The molecule has 82 valence electrons. The van der Waals surface area contributed by atoms with E-state index in [1.807, 2.05) is 0 Å². The lowest BCUT2D eigenvalue weighted by molar-refractivity contribution is 0.255. The van der Waals surface area contributed by atoms with E-state index in [0.717, 1.165) is 12.3 Å². The van der Waals surface area contributed by atoms with Crippen LogP contribution in [0.15, 0.2) is 24.3 Å². The predicted octanol–water partition coefficient (Wildman–Crippen LogP) is 3.06. The van der Waals surface area contributed by atoms with Crippen LogP contribution in [0.25, 0.3) is 0 Å². The van der Waals surface area contributed by atoms with E-state index < -0.39 is 0 Å². The molecule has 0 unspecified atom stereocenters. The van der Waals surface area contributed by atoms with Crippen molar-refractivity contribution in [1.82, 2.24) is 4.90 Å². The van der Waals surface area contributed by atoms with E-state index in [-0.39, 0.29) is 0 Å². The standard InChI is InChI=1S/C14H21N/c1-3-12-5-4-6-14(11-12)13-7-9-15(2)10-8-13/h4-6,11,13H,3,7-10H2,1-2H3. The average molecular weight is 203 g/mol. The van der Waals surface area contributed by atoms with Crippen molar-refractivity contribution in [2.45, 2.75) is 32.1 Å². The van der Waals surface area contributed by atoms with E-state index in [1.165, 1.54) is 31.5 Å². The van der Waals surface area contributed by atoms with E-state index in [1.54, 1.807) is 5.56 Å². The third kappa shape index (κ3) is 2.60. The van der Waals surface area contributed by atoms with Gasteiger partial charge in [0.1, 0.15) is 0 Å². The molecular formula is C14H21N. The van der Waals surface area contributed by atoms with Crippen molar-refractivity contribution in [2.24, 2.45) is 0 Å². The number of aryl methyl sites for hydroxylation is 1. The number of nitrogens with zero attached hydrogens (tertiary/aromatic N) is 1. The van der Waals surface area contributed by atoms with Crippen molar-refractivity contribution in [1.29, 1.82) is 0 Å². The zero-order valence-corrected chi connectivity index (χ0v) is 9.87. The molecule has 0 aromatic heterocycles. The molecule has 1 aromatic rings. The molecule has 1 aromatic carbocycles. The average Bonchev–Trinajstić information content (AvgIpc) is 2.30. The van der Waals surface area contributed by atoms with E-state index in [0.29, 0.717) is 0 Å². The van der Waals surface area contributed by atoms with Crippen molar-refractivity contribution in [3.63, 3.8) is 0 Å². The number of rotatable bonds is 2. The molecule has 1 aliphatic rings. The Bertz CT molecular complexity index is 311. The molecular weight excluding hydrogens is 182 g/mol. The van der Waals surface area contributed by atoms with Crippen LogP contribution in [0.1, 0.15) is 36.8 Å². The van der Waals surface area contributed by atoms with E-state index in [9.17, 15) is 0 Å². The minimum absolute atomic E-state index is 0.799. The van der Waals surface area contributed by atoms with Crippen LogP contribution in [0.2, 0.25) is 0 Å². The van der Waals surface area contributed by atoms with Gasteiger partial charge in [0.2, 0.25) is 0 Å². The van der Waals surface area contributed by atoms with Crippen molar-refractivity contribution in [2.75, 3.05) is 20.1 Å². The molecule has 1 nitrogen and oxygen atoms in total. The molecule has 0 atom stereocenters. The van der Waals surface area contributed by atoms with E-state index >= 15 is 0 Å². The highest BCUT2D eigenvalue weighted by atomic mass is 15.1. The lowest BCUT2D eigenvalue weighted by Gasteiger charge is -2.29. The molecule has 0 saturated carbocycles. The van der Waals surface area contributed by atoms with Crippen LogP contribution in [0.4, 0.5) is 0 Å². The maximum absolute atomic E-state index is 2.43. The Balaban J connectivity index is 2.08. The molecule has 0 radical (unpaired) electrons. The topological polar surface area (TPSA) is 3.24 Å². The van der Waals surface area contributed by atoms with Crippen molar-refractivity contribution < 1.29 is 0 Å². The van der Waals surface area contributed by atoms with Gasteiger partial charge in [-0.05, 0) is 56.4 Å². The second kappa shape index (κ2) is 4.80. The summed E-state index contributed by atoms with van der Waals surface area (Å²) in [6, 6.07) is 9.15. The second-order valence-electron chi connectivity index (χ2n) is 4.68. The van der Waals surface area contributed by atoms with Gasteiger partial charge in [0, 0.05) is 0 Å². The summed E-state index contributed by atoms with van der Waals surface area (Å²) in [6.07, 6.45) is 3.80. The summed E-state index contributed by atoms with van der Waals surface area (Å²) in [7, 11) is 2.22. The summed E-state index contributed by atoms with van der Waals surface area (Å²) >= 11 is 0. The highest BCUT2D eigenvalue weighted by Crippen LogP contribution is 2.27. The molecule has 1 heterocycles. The third-order valence-corrected chi connectivity index (χ3v) is 3.55. The lowest BCUT2D eigenvalue weighted by atomic mass is 9.88. The smallest absolute Gasteiger partial charge is 0.00159 e. The van der Waals surface area contributed by atoms with E-state index in [4.69, 9.17) is 0 Å². The fraction of sp³-hybridized carbons (Fsp3) is 0.571. The quantitative estimate of drug-likeness (QED) is 0.714. The Morgan fingerprint density at radius 1 is 1.27 bits per heavy atom. The van der Waals surface area contributed by atoms with Gasteiger partial charge in [-0.15, -0.1) is 0 Å². The highest BCUT2D eigenvalue weighted by Gasteiger charge is 2.17. The monoisotopic (exact) mass is 203 g/mol. The van der Waals surface area contributed by atoms with Crippen LogP contribution in [-0.4, -0.2) is 25.0 Å². The fourth-order valence-corrected chi connectivity index (χ4v) is 2.41. The second-order valence-corrected chi connectivity index (χ2v) is 4.68. The van der Waals surface area contributed by atoms with Gasteiger partial charge in [0.25, 0.3) is 0 Å². The summed E-state index contributed by atoms with van der Waals surface area (Å²) in [4.78, 5) is 2.43. The summed E-state index contributed by atoms with van der Waals surface area (Å²) in [6.45, 7) is 4.73. The molecule has 0 aliphatic carbocycles. The summed E-state index contributed by atoms with van der Waals surface area (Å²) in [5, 5.41) is 0. The molecule has 15 heavy (non-hydrogen) atoms. The SMILES string of the molecule is CCc1cccc(C2CCN(C)CC2)c1. The zero-order chi connectivity index (χ0) is 10.7. The first-order chi connectivity index (χ1) is 7.29. The van der Waals surface area contributed by atoms with Gasteiger partial charge in [-0.2, -0.15) is 0 Å². The number of likely N-dealkylation sites (tertiary alicyclic amines) is 1. The molecule has 1 saturated heterocycles. The molecule has 1 aliphatic heterocycles. The van der Waals surface area contributed by atoms with Gasteiger partial charge < -0.3 is 4.90 Å². The van der Waals surface area contributed by atoms with Gasteiger partial charge in [-0.3, -0.25) is 0 Å². The van der Waals surface area contributed by atoms with Crippen LogP contribution in [0.3, 0.4) is 0 Å². The molecule has 0 N–H and O–H groups in total. The Morgan fingerprint density at radius 3 is 2.67 bits per heavy atom. The maximum atomic E-state index is 2.43. The Labute approximate surface area is 93.1 Å². The molecule has 0 amide bonds. The van der Waals surface area contributed by atoms with Crippen LogP contribution >= 0.6 is 0 Å². The Morgan fingerprint density at radius 2 is 2.00 bits per heavy atom. The molecule has 0 spiro atoms. The number of piperidine rings is 1. The molecule has 0 bridgehead atoms. The summed E-state index contributed by atoms with van der Waals surface area (Å²) in [5.41, 5.74) is 3.04. The predicted molar refractivity (Wildman–Crippen MR) is 65.3 cm³/mol. The largest absolute Gasteiger partial charge is 0.306 e. The normalized spacial score (nSPS) is 19.3. The van der Waals surface area contributed by atoms with Gasteiger partial charge in [-0.25, -0.2) is 0 Å². The van der Waals surface area contributed by atoms with Crippen LogP contribution in [0, 0.1) is 0 Å².